The maximum atomic E-state index is 12.4. The lowest BCUT2D eigenvalue weighted by Crippen LogP contribution is -2.61. The molecule has 8 saturated carbocycles. The lowest BCUT2D eigenvalue weighted by atomic mass is 9.50. The molecule has 0 aromatic carbocycles. The predicted octanol–water partition coefficient (Wildman–Crippen LogP) is 7.60. The molecule has 0 radical (unpaired) electrons. The Morgan fingerprint density at radius 1 is 0.650 bits per heavy atom. The van der Waals surface area contributed by atoms with Gasteiger partial charge in [-0.05, 0) is 167 Å². The zero-order valence-electron chi connectivity index (χ0n) is 38.1. The number of aliphatic hydroxyl groups is 1. The van der Waals surface area contributed by atoms with Crippen LogP contribution < -0.4 is 0 Å². The van der Waals surface area contributed by atoms with E-state index in [1.807, 2.05) is 34.6 Å². The minimum atomic E-state index is -0.734. The first-order valence-electron chi connectivity index (χ1n) is 22.7. The molecular weight excluding hydrogens is 773 g/mol. The first-order chi connectivity index (χ1) is 27.9. The first-order valence-corrected chi connectivity index (χ1v) is 22.7. The van der Waals surface area contributed by atoms with Gasteiger partial charge in [0.25, 0.3) is 0 Å². The van der Waals surface area contributed by atoms with E-state index < -0.39 is 70.6 Å². The summed E-state index contributed by atoms with van der Waals surface area (Å²) in [4.78, 5) is 70.9. The lowest BCUT2D eigenvalue weighted by molar-refractivity contribution is -0.225. The van der Waals surface area contributed by atoms with Gasteiger partial charge in [0, 0.05) is 12.8 Å². The van der Waals surface area contributed by atoms with Gasteiger partial charge in [0.2, 0.25) is 6.10 Å². The van der Waals surface area contributed by atoms with E-state index in [0.29, 0.717) is 56.0 Å². The van der Waals surface area contributed by atoms with Crippen LogP contribution in [0.1, 0.15) is 166 Å². The summed E-state index contributed by atoms with van der Waals surface area (Å²) < 4.78 is 31.5. The fraction of sp³-hybridized carbons (Fsp3) is 0.872. The molecule has 60 heavy (non-hydrogen) atoms. The normalized spacial score (nSPS) is 34.6. The molecule has 3 unspecified atom stereocenters. The van der Waals surface area contributed by atoms with E-state index in [4.69, 9.17) is 28.4 Å². The molecule has 0 spiro atoms. The van der Waals surface area contributed by atoms with Crippen LogP contribution in [0, 0.1) is 51.8 Å². The van der Waals surface area contributed by atoms with Gasteiger partial charge in [-0.2, -0.15) is 0 Å². The Kier molecular flexibility index (Phi) is 14.5. The van der Waals surface area contributed by atoms with Crippen LogP contribution in [0.3, 0.4) is 0 Å². The largest absolute Gasteiger partial charge is 0.463 e. The van der Waals surface area contributed by atoms with Crippen molar-refractivity contribution in [2.45, 2.75) is 188 Å². The Hall–Kier alpha value is -3.22. The minimum absolute atomic E-state index is 0.0828. The van der Waals surface area contributed by atoms with Gasteiger partial charge in [-0.1, -0.05) is 20.8 Å². The lowest BCUT2D eigenvalue weighted by Gasteiger charge is -2.59. The van der Waals surface area contributed by atoms with E-state index in [2.05, 4.69) is 6.92 Å². The second-order valence-electron chi connectivity index (χ2n) is 21.5. The summed E-state index contributed by atoms with van der Waals surface area (Å²) in [6.07, 6.45) is 13.4. The van der Waals surface area contributed by atoms with Gasteiger partial charge < -0.3 is 33.5 Å². The molecule has 13 heteroatoms. The zero-order chi connectivity index (χ0) is 44.5. The smallest absolute Gasteiger partial charge is 0.347 e. The number of hydrogen-bond acceptors (Lipinski definition) is 13. The maximum absolute atomic E-state index is 12.4. The van der Waals surface area contributed by atoms with Gasteiger partial charge in [-0.25, -0.2) is 14.4 Å². The van der Waals surface area contributed by atoms with Crippen LogP contribution in [0.15, 0.2) is 0 Å². The predicted molar refractivity (Wildman–Crippen MR) is 220 cm³/mol. The van der Waals surface area contributed by atoms with Gasteiger partial charge in [0.1, 0.15) is 11.2 Å². The van der Waals surface area contributed by atoms with E-state index in [9.17, 15) is 33.9 Å². The Morgan fingerprint density at radius 2 is 1.13 bits per heavy atom. The number of rotatable bonds is 13. The van der Waals surface area contributed by atoms with Gasteiger partial charge in [-0.15, -0.1) is 0 Å². The van der Waals surface area contributed by atoms with E-state index >= 15 is 0 Å². The van der Waals surface area contributed by atoms with Crippen LogP contribution >= 0.6 is 0 Å². The molecule has 9 aliphatic rings. The average Bonchev–Trinajstić information content (AvgIpc) is 3.57. The molecule has 0 aromatic heterocycles. The van der Waals surface area contributed by atoms with Gasteiger partial charge in [-0.3, -0.25) is 14.4 Å². The number of carbonyl (C=O) groups excluding carboxylic acids is 6. The molecule has 8 bridgehead atoms. The molecule has 1 heterocycles. The number of cyclic esters (lactones) is 1. The van der Waals surface area contributed by atoms with Gasteiger partial charge in [0.05, 0.1) is 28.5 Å². The van der Waals surface area contributed by atoms with E-state index in [1.54, 1.807) is 27.7 Å². The van der Waals surface area contributed by atoms with Crippen LogP contribution in [0.2, 0.25) is 0 Å². The molecule has 0 amide bonds. The third-order valence-electron chi connectivity index (χ3n) is 15.5. The highest BCUT2D eigenvalue weighted by Gasteiger charge is 2.60. The molecule has 9 rings (SSSR count). The Bertz CT molecular complexity index is 1570. The van der Waals surface area contributed by atoms with Crippen molar-refractivity contribution >= 4 is 35.8 Å². The summed E-state index contributed by atoms with van der Waals surface area (Å²) in [5.41, 5.74) is -2.93. The molecule has 8 aliphatic carbocycles. The molecule has 13 nitrogen and oxygen atoms in total. The fourth-order valence-electron chi connectivity index (χ4n) is 11.0. The Balaban J connectivity index is 0.000000181. The molecular formula is C47H74O13. The summed E-state index contributed by atoms with van der Waals surface area (Å²) >= 11 is 0. The van der Waals surface area contributed by atoms with Crippen molar-refractivity contribution in [1.29, 1.82) is 0 Å². The summed E-state index contributed by atoms with van der Waals surface area (Å²) in [5, 5.41) is 10.6. The van der Waals surface area contributed by atoms with Gasteiger partial charge >= 0.3 is 35.8 Å². The first kappa shape index (κ1) is 47.8. The number of hydrogen-bond donors (Lipinski definition) is 1. The highest BCUT2D eigenvalue weighted by Crippen LogP contribution is 2.60. The zero-order valence-corrected chi connectivity index (χ0v) is 38.1. The number of carbonyl (C=O) groups is 6. The highest BCUT2D eigenvalue weighted by atomic mass is 16.6. The van der Waals surface area contributed by atoms with E-state index in [1.165, 1.54) is 12.8 Å². The van der Waals surface area contributed by atoms with Crippen molar-refractivity contribution in [3.63, 3.8) is 0 Å². The van der Waals surface area contributed by atoms with Crippen molar-refractivity contribution in [3.8, 4) is 0 Å². The quantitative estimate of drug-likeness (QED) is 0.142. The Labute approximate surface area is 357 Å². The van der Waals surface area contributed by atoms with Crippen LogP contribution in [-0.4, -0.2) is 83.7 Å². The third-order valence-corrected chi connectivity index (χ3v) is 15.5. The van der Waals surface area contributed by atoms with Crippen molar-refractivity contribution in [3.05, 3.63) is 0 Å². The topological polar surface area (TPSA) is 178 Å². The summed E-state index contributed by atoms with van der Waals surface area (Å²) in [7, 11) is 0. The molecule has 340 valence electrons. The molecule has 1 saturated heterocycles. The third kappa shape index (κ3) is 11.0. The second-order valence-corrected chi connectivity index (χ2v) is 21.5. The van der Waals surface area contributed by atoms with Crippen LogP contribution in [0.4, 0.5) is 0 Å². The fourth-order valence-corrected chi connectivity index (χ4v) is 11.0. The molecule has 0 aromatic rings. The SMILES string of the molecule is CCC(C)(C)C(=O)OC12CC3CC(CC(O)(C3)C1)C2.CCC(C)(C)C(=O)OC1CCOC1=O.CCC(C)(C)C(=O)OCC(=O)OCC(=O)OC1(C)C2CC3CC(C2)CC1C3. The minimum Gasteiger partial charge on any atom is -0.463 e. The van der Waals surface area contributed by atoms with Crippen molar-refractivity contribution < 1.29 is 62.3 Å². The maximum Gasteiger partial charge on any atom is 0.347 e. The van der Waals surface area contributed by atoms with E-state index in [0.717, 1.165) is 69.6 Å². The van der Waals surface area contributed by atoms with Crippen LogP contribution in [-0.2, 0) is 57.2 Å². The molecule has 9 fully saturated rings. The average molecular weight is 847 g/mol. The summed E-state index contributed by atoms with van der Waals surface area (Å²) in [6, 6.07) is 0. The monoisotopic (exact) mass is 847 g/mol. The molecule has 1 N–H and O–H groups in total. The summed E-state index contributed by atoms with van der Waals surface area (Å²) in [6.45, 7) is 18.3. The highest BCUT2D eigenvalue weighted by molar-refractivity contribution is 5.83. The number of esters is 6. The second kappa shape index (κ2) is 18.2. The molecule has 3 atom stereocenters. The van der Waals surface area contributed by atoms with Crippen molar-refractivity contribution in [1.82, 2.24) is 0 Å². The molecule has 1 aliphatic heterocycles. The summed E-state index contributed by atoms with van der Waals surface area (Å²) in [5.74, 6) is 1.00. The van der Waals surface area contributed by atoms with Crippen LogP contribution in [0.25, 0.3) is 0 Å². The number of ether oxygens (including phenoxy) is 6. The Morgan fingerprint density at radius 3 is 1.62 bits per heavy atom. The van der Waals surface area contributed by atoms with Crippen molar-refractivity contribution in [2.24, 2.45) is 51.8 Å². The van der Waals surface area contributed by atoms with Crippen molar-refractivity contribution in [2.75, 3.05) is 19.8 Å². The van der Waals surface area contributed by atoms with Gasteiger partial charge in [0.15, 0.2) is 13.2 Å². The van der Waals surface area contributed by atoms with Crippen LogP contribution in [0.5, 0.6) is 0 Å². The standard InChI is InChI=1S/C21H32O6.C16H26O3.C10H16O4/c1-5-20(2,3)19(24)26-11-17(22)25-12-18(23)27-21(4)15-7-13-6-14(9-15)10-16(21)8-13;1-4-14(2,3)13(17)19-16-8-11-5-12(9-16)7-15(18,6-11)10-16;1-4-10(2,3)9(12)14-7-5-6-13-8(7)11/h13-16H,5-12H2,1-4H3;11-12,18H,4-10H2,1-3H3;7H,4-6H2,1-3H3. The van der Waals surface area contributed by atoms with E-state index in [-0.39, 0.29) is 17.5 Å².